The Morgan fingerprint density at radius 1 is 0.895 bits per heavy atom. The molecule has 5 rings (SSSR count). The number of aliphatic hydroxyl groups is 1. The van der Waals surface area contributed by atoms with E-state index in [-0.39, 0.29) is 17.9 Å². The van der Waals surface area contributed by atoms with Gasteiger partial charge in [-0.3, -0.25) is 4.79 Å². The Kier molecular flexibility index (Phi) is 6.90. The number of rotatable bonds is 6. The summed E-state index contributed by atoms with van der Waals surface area (Å²) in [5.74, 6) is 0.721. The van der Waals surface area contributed by atoms with Gasteiger partial charge in [0, 0.05) is 22.9 Å². The van der Waals surface area contributed by atoms with E-state index >= 15 is 0 Å². The van der Waals surface area contributed by atoms with Crippen molar-refractivity contribution in [3.63, 3.8) is 0 Å². The van der Waals surface area contributed by atoms with Gasteiger partial charge < -0.3 is 15.2 Å². The van der Waals surface area contributed by atoms with Crippen molar-refractivity contribution in [1.29, 1.82) is 0 Å². The predicted molar refractivity (Wildman–Crippen MR) is 151 cm³/mol. The maximum absolute atomic E-state index is 13.5. The largest absolute Gasteiger partial charge is 0.439 e. The van der Waals surface area contributed by atoms with Gasteiger partial charge in [-0.1, -0.05) is 75.4 Å². The second-order valence-electron chi connectivity index (χ2n) is 10.1. The van der Waals surface area contributed by atoms with Gasteiger partial charge in [-0.15, -0.1) is 0 Å². The number of anilines is 1. The highest BCUT2D eigenvalue weighted by Crippen LogP contribution is 2.33. The van der Waals surface area contributed by atoms with E-state index in [0.29, 0.717) is 22.9 Å². The first-order valence-corrected chi connectivity index (χ1v) is 12.5. The minimum Gasteiger partial charge on any atom is -0.439 e. The van der Waals surface area contributed by atoms with E-state index < -0.39 is 0 Å². The zero-order valence-corrected chi connectivity index (χ0v) is 21.6. The maximum Gasteiger partial charge on any atom is 0.256 e. The van der Waals surface area contributed by atoms with E-state index in [1.54, 1.807) is 12.1 Å². The van der Waals surface area contributed by atoms with Crippen molar-refractivity contribution < 1.29 is 14.6 Å². The summed E-state index contributed by atoms with van der Waals surface area (Å²) in [6.07, 6.45) is 1.35. The molecule has 38 heavy (non-hydrogen) atoms. The molecule has 0 atom stereocenters. The standard InChI is InChI=1S/C32H29N3O3/c1-32(2,3)23-10-6-8-21(16-23)27-11-4-5-13-29(27)35-31(37)28-12-7-9-22-17-25(14-15-26(22)28)38-30-18-24(19-36)33-20-34-30/h4-18,20,36H,19H2,1-3H3,(H,35,37). The zero-order valence-electron chi connectivity index (χ0n) is 21.6. The van der Waals surface area contributed by atoms with Crippen LogP contribution in [0.4, 0.5) is 5.69 Å². The van der Waals surface area contributed by atoms with Crippen LogP contribution >= 0.6 is 0 Å². The van der Waals surface area contributed by atoms with E-state index in [2.05, 4.69) is 60.3 Å². The van der Waals surface area contributed by atoms with Crippen LogP contribution in [0.2, 0.25) is 0 Å². The number of ether oxygens (including phenoxy) is 1. The van der Waals surface area contributed by atoms with Gasteiger partial charge in [0.05, 0.1) is 12.3 Å². The van der Waals surface area contributed by atoms with Crippen LogP contribution in [0.1, 0.15) is 42.4 Å². The van der Waals surface area contributed by atoms with Crippen LogP contribution in [-0.4, -0.2) is 21.0 Å². The average Bonchev–Trinajstić information content (AvgIpc) is 2.92. The summed E-state index contributed by atoms with van der Waals surface area (Å²) in [6, 6.07) is 29.0. The number of carbonyl (C=O) groups is 1. The molecule has 2 N–H and O–H groups in total. The predicted octanol–water partition coefficient (Wildman–Crippen LogP) is 7.13. The van der Waals surface area contributed by atoms with Crippen molar-refractivity contribution in [2.45, 2.75) is 32.8 Å². The summed E-state index contributed by atoms with van der Waals surface area (Å²) in [5, 5.41) is 14.1. The molecule has 1 amide bonds. The summed E-state index contributed by atoms with van der Waals surface area (Å²) < 4.78 is 5.86. The molecule has 0 aliphatic heterocycles. The van der Waals surface area contributed by atoms with Crippen molar-refractivity contribution in [2.24, 2.45) is 0 Å². The van der Waals surface area contributed by atoms with Crippen LogP contribution < -0.4 is 10.1 Å². The number of benzene rings is 4. The molecule has 0 bridgehead atoms. The van der Waals surface area contributed by atoms with Gasteiger partial charge in [0.15, 0.2) is 0 Å². The van der Waals surface area contributed by atoms with E-state index in [1.807, 2.05) is 54.6 Å². The monoisotopic (exact) mass is 503 g/mol. The number of aromatic nitrogens is 2. The normalized spacial score (nSPS) is 11.4. The van der Waals surface area contributed by atoms with Crippen molar-refractivity contribution >= 4 is 22.4 Å². The Balaban J connectivity index is 1.43. The Morgan fingerprint density at radius 2 is 1.71 bits per heavy atom. The van der Waals surface area contributed by atoms with E-state index in [0.717, 1.165) is 27.6 Å². The number of nitrogens with one attached hydrogen (secondary N) is 1. The van der Waals surface area contributed by atoms with Crippen LogP contribution in [0.15, 0.2) is 97.3 Å². The molecule has 0 saturated heterocycles. The molecule has 0 radical (unpaired) electrons. The second-order valence-corrected chi connectivity index (χ2v) is 10.1. The molecular weight excluding hydrogens is 474 g/mol. The molecule has 6 nitrogen and oxygen atoms in total. The van der Waals surface area contributed by atoms with Crippen LogP contribution in [0, 0.1) is 0 Å². The number of amides is 1. The van der Waals surface area contributed by atoms with Crippen LogP contribution in [0.5, 0.6) is 11.6 Å². The van der Waals surface area contributed by atoms with Gasteiger partial charge >= 0.3 is 0 Å². The van der Waals surface area contributed by atoms with Gasteiger partial charge in [0.1, 0.15) is 12.1 Å². The minimum absolute atomic E-state index is 0.0221. The van der Waals surface area contributed by atoms with Crippen molar-refractivity contribution in [2.75, 3.05) is 5.32 Å². The first-order valence-electron chi connectivity index (χ1n) is 12.5. The Labute approximate surface area is 222 Å². The molecule has 6 heteroatoms. The molecule has 1 heterocycles. The number of para-hydroxylation sites is 1. The number of aliphatic hydroxyl groups excluding tert-OH is 1. The van der Waals surface area contributed by atoms with Crippen LogP contribution in [-0.2, 0) is 12.0 Å². The highest BCUT2D eigenvalue weighted by molar-refractivity contribution is 6.14. The third-order valence-corrected chi connectivity index (χ3v) is 6.39. The molecular formula is C32H29N3O3. The highest BCUT2D eigenvalue weighted by Gasteiger charge is 2.17. The number of nitrogens with zero attached hydrogens (tertiary/aromatic N) is 2. The van der Waals surface area contributed by atoms with Gasteiger partial charge in [0.25, 0.3) is 5.91 Å². The summed E-state index contributed by atoms with van der Waals surface area (Å²) in [7, 11) is 0. The van der Waals surface area contributed by atoms with Gasteiger partial charge in [-0.25, -0.2) is 9.97 Å². The average molecular weight is 504 g/mol. The number of fused-ring (bicyclic) bond motifs is 1. The fourth-order valence-electron chi connectivity index (χ4n) is 4.35. The molecule has 5 aromatic rings. The van der Waals surface area contributed by atoms with Gasteiger partial charge in [-0.2, -0.15) is 0 Å². The summed E-state index contributed by atoms with van der Waals surface area (Å²) in [6.45, 7) is 6.38. The molecule has 0 aliphatic rings. The Hall–Kier alpha value is -4.55. The maximum atomic E-state index is 13.5. The topological polar surface area (TPSA) is 84.3 Å². The molecule has 0 fully saturated rings. The third kappa shape index (κ3) is 5.41. The fourth-order valence-corrected chi connectivity index (χ4v) is 4.35. The summed E-state index contributed by atoms with van der Waals surface area (Å²) in [4.78, 5) is 21.6. The quantitative estimate of drug-likeness (QED) is 0.257. The number of hydrogen-bond donors (Lipinski definition) is 2. The molecule has 4 aromatic carbocycles. The molecule has 0 spiro atoms. The van der Waals surface area contributed by atoms with Crippen LogP contribution in [0.3, 0.4) is 0 Å². The number of hydrogen-bond acceptors (Lipinski definition) is 5. The molecule has 1 aromatic heterocycles. The minimum atomic E-state index is -0.194. The lowest BCUT2D eigenvalue weighted by atomic mass is 9.85. The second kappa shape index (κ2) is 10.4. The lowest BCUT2D eigenvalue weighted by Crippen LogP contribution is -2.13. The lowest BCUT2D eigenvalue weighted by Gasteiger charge is -2.20. The van der Waals surface area contributed by atoms with Gasteiger partial charge in [0.2, 0.25) is 5.88 Å². The van der Waals surface area contributed by atoms with E-state index in [4.69, 9.17) is 4.74 Å². The smallest absolute Gasteiger partial charge is 0.256 e. The first kappa shape index (κ1) is 25.1. The highest BCUT2D eigenvalue weighted by atomic mass is 16.5. The zero-order chi connectivity index (χ0) is 26.7. The van der Waals surface area contributed by atoms with Crippen LogP contribution in [0.25, 0.3) is 21.9 Å². The SMILES string of the molecule is CC(C)(C)c1cccc(-c2ccccc2NC(=O)c2cccc3cc(Oc4cc(CO)ncn4)ccc23)c1. The summed E-state index contributed by atoms with van der Waals surface area (Å²) >= 11 is 0. The molecule has 0 unspecified atom stereocenters. The molecule has 0 saturated carbocycles. The first-order chi connectivity index (χ1) is 18.3. The Morgan fingerprint density at radius 3 is 2.53 bits per heavy atom. The van der Waals surface area contributed by atoms with E-state index in [9.17, 15) is 9.90 Å². The van der Waals surface area contributed by atoms with Crippen molar-refractivity contribution in [1.82, 2.24) is 9.97 Å². The van der Waals surface area contributed by atoms with Gasteiger partial charge in [-0.05, 0) is 57.6 Å². The summed E-state index contributed by atoms with van der Waals surface area (Å²) in [5.41, 5.74) is 5.07. The number of carbonyl (C=O) groups excluding carboxylic acids is 1. The third-order valence-electron chi connectivity index (χ3n) is 6.39. The fraction of sp³-hybridized carbons (Fsp3) is 0.156. The molecule has 190 valence electrons. The lowest BCUT2D eigenvalue weighted by molar-refractivity contribution is 0.102. The Bertz CT molecular complexity index is 1620. The van der Waals surface area contributed by atoms with E-state index in [1.165, 1.54) is 11.9 Å². The molecule has 0 aliphatic carbocycles. The van der Waals surface area contributed by atoms with Crippen molar-refractivity contribution in [3.05, 3.63) is 114 Å². The van der Waals surface area contributed by atoms with Crippen molar-refractivity contribution in [3.8, 4) is 22.8 Å².